The van der Waals surface area contributed by atoms with Gasteiger partial charge in [0, 0.05) is 19.8 Å². The van der Waals surface area contributed by atoms with Crippen LogP contribution in [0.3, 0.4) is 0 Å². The summed E-state index contributed by atoms with van der Waals surface area (Å²) in [5, 5.41) is 9.31. The van der Waals surface area contributed by atoms with Gasteiger partial charge in [-0.2, -0.15) is 0 Å². The molecule has 0 aromatic heterocycles. The highest BCUT2D eigenvalue weighted by atomic mass is 16.6. The van der Waals surface area contributed by atoms with Crippen LogP contribution in [0.5, 0.6) is 0 Å². The van der Waals surface area contributed by atoms with Crippen molar-refractivity contribution >= 4 is 17.7 Å². The van der Waals surface area contributed by atoms with Crippen LogP contribution >= 0.6 is 0 Å². The van der Waals surface area contributed by atoms with Crippen molar-refractivity contribution in [3.63, 3.8) is 0 Å². The monoisotopic (exact) mass is 532 g/mol. The predicted octanol–water partition coefficient (Wildman–Crippen LogP) is 5.38. The van der Waals surface area contributed by atoms with Gasteiger partial charge in [0.15, 0.2) is 6.29 Å². The Morgan fingerprint density at radius 1 is 1.08 bits per heavy atom. The molecule has 3 fully saturated rings. The van der Waals surface area contributed by atoms with Crippen molar-refractivity contribution in [1.29, 1.82) is 0 Å². The van der Waals surface area contributed by atoms with Crippen LogP contribution in [0.4, 0.5) is 0 Å². The molecule has 3 saturated carbocycles. The van der Waals surface area contributed by atoms with Gasteiger partial charge in [0.05, 0.1) is 12.5 Å². The molecule has 10 atom stereocenters. The van der Waals surface area contributed by atoms with Crippen molar-refractivity contribution in [3.05, 3.63) is 11.6 Å². The van der Waals surface area contributed by atoms with Crippen LogP contribution < -0.4 is 0 Å². The third-order valence-electron chi connectivity index (χ3n) is 10.6. The molecule has 0 aromatic carbocycles. The van der Waals surface area contributed by atoms with Crippen LogP contribution in [0.15, 0.2) is 11.6 Å². The van der Waals surface area contributed by atoms with Gasteiger partial charge < -0.3 is 19.3 Å². The molecular weight excluding hydrogens is 484 g/mol. The number of ketones is 1. The molecule has 0 bridgehead atoms. The number of aliphatic hydroxyl groups excluding tert-OH is 1. The molecule has 0 spiro atoms. The van der Waals surface area contributed by atoms with Crippen LogP contribution in [0, 0.1) is 40.4 Å². The van der Waals surface area contributed by atoms with E-state index in [0.717, 1.165) is 44.9 Å². The molecule has 4 aliphatic rings. The first-order valence-electron chi connectivity index (χ1n) is 14.7. The fourth-order valence-corrected chi connectivity index (χ4v) is 8.77. The minimum atomic E-state index is -0.816. The SMILES string of the molecule is CC(=O)OC1CC[C@@]2(C)C(=CCC3C4CC(OC(=O)CC[C@H](C)COC(C)O)C(C(C)=O)C4(C)CCC32)C1. The molecule has 1 N–H and O–H groups in total. The number of Topliss-reactive ketones (excluding diaryl/α,β-unsaturated/α-hetero) is 1. The Kier molecular flexibility index (Phi) is 8.78. The van der Waals surface area contributed by atoms with Crippen LogP contribution in [0.25, 0.3) is 0 Å². The summed E-state index contributed by atoms with van der Waals surface area (Å²) in [4.78, 5) is 37.4. The van der Waals surface area contributed by atoms with Gasteiger partial charge in [0.25, 0.3) is 0 Å². The Labute approximate surface area is 228 Å². The second-order valence-electron chi connectivity index (χ2n) is 13.2. The van der Waals surface area contributed by atoms with Crippen LogP contribution in [-0.2, 0) is 28.6 Å². The Morgan fingerprint density at radius 3 is 2.47 bits per heavy atom. The first-order chi connectivity index (χ1) is 17.8. The standard InChI is InChI=1S/C31H48O7/c1-18(17-36-20(3)33)7-10-28(35)38-27-16-26-24-9-8-22-15-23(37-21(4)34)11-13-30(22,5)25(24)12-14-31(26,6)29(27)19(2)32/h8,18,20,23-27,29,33H,7,9-17H2,1-6H3/t18-,20?,23?,24?,25?,26?,27?,29?,30-,31?/m0/s1. The van der Waals surface area contributed by atoms with Crippen LogP contribution in [0.2, 0.25) is 0 Å². The number of hydrogen-bond donors (Lipinski definition) is 1. The molecule has 0 amide bonds. The maximum atomic E-state index is 13.0. The highest BCUT2D eigenvalue weighted by Gasteiger charge is 2.63. The quantitative estimate of drug-likeness (QED) is 0.242. The Hall–Kier alpha value is -1.73. The Balaban J connectivity index is 1.46. The number of allylic oxidation sites excluding steroid dienone is 1. The lowest BCUT2D eigenvalue weighted by Gasteiger charge is -2.57. The van der Waals surface area contributed by atoms with E-state index in [9.17, 15) is 19.5 Å². The number of fused-ring (bicyclic) bond motifs is 5. The van der Waals surface area contributed by atoms with Gasteiger partial charge in [-0.15, -0.1) is 0 Å². The van der Waals surface area contributed by atoms with E-state index in [1.807, 2.05) is 6.92 Å². The molecule has 0 aliphatic heterocycles. The Bertz CT molecular complexity index is 941. The maximum absolute atomic E-state index is 13.0. The van der Waals surface area contributed by atoms with Crippen LogP contribution in [0.1, 0.15) is 99.3 Å². The number of ether oxygens (including phenoxy) is 3. The summed E-state index contributed by atoms with van der Waals surface area (Å²) < 4.78 is 16.9. The molecule has 4 rings (SSSR count). The van der Waals surface area contributed by atoms with Gasteiger partial charge in [-0.25, -0.2) is 0 Å². The second-order valence-corrected chi connectivity index (χ2v) is 13.2. The Morgan fingerprint density at radius 2 is 1.82 bits per heavy atom. The summed E-state index contributed by atoms with van der Waals surface area (Å²) in [6.45, 7) is 11.8. The number of esters is 2. The topological polar surface area (TPSA) is 99.1 Å². The third-order valence-corrected chi connectivity index (χ3v) is 10.6. The average molecular weight is 533 g/mol. The van der Waals surface area contributed by atoms with E-state index in [-0.39, 0.29) is 59.0 Å². The molecule has 0 saturated heterocycles. The summed E-state index contributed by atoms with van der Waals surface area (Å²) in [5.41, 5.74) is 1.39. The van der Waals surface area contributed by atoms with Crippen molar-refractivity contribution in [3.8, 4) is 0 Å². The summed E-state index contributed by atoms with van der Waals surface area (Å²) in [5.74, 6) is 0.900. The van der Waals surface area contributed by atoms with Gasteiger partial charge in [0.1, 0.15) is 18.0 Å². The molecule has 8 unspecified atom stereocenters. The predicted molar refractivity (Wildman–Crippen MR) is 143 cm³/mol. The maximum Gasteiger partial charge on any atom is 0.306 e. The molecule has 4 aliphatic carbocycles. The van der Waals surface area contributed by atoms with Crippen molar-refractivity contribution in [2.75, 3.05) is 6.61 Å². The highest BCUT2D eigenvalue weighted by molar-refractivity contribution is 5.81. The molecular formula is C31H48O7. The first-order valence-corrected chi connectivity index (χ1v) is 14.7. The van der Waals surface area contributed by atoms with Crippen molar-refractivity contribution in [2.24, 2.45) is 40.4 Å². The lowest BCUT2D eigenvalue weighted by Crippen LogP contribution is -2.51. The lowest BCUT2D eigenvalue weighted by atomic mass is 9.47. The summed E-state index contributed by atoms with van der Waals surface area (Å²) in [6.07, 6.45) is 8.65. The molecule has 7 heteroatoms. The summed E-state index contributed by atoms with van der Waals surface area (Å²) >= 11 is 0. The van der Waals surface area contributed by atoms with E-state index >= 15 is 0 Å². The highest BCUT2D eigenvalue weighted by Crippen LogP contribution is 2.66. The van der Waals surface area contributed by atoms with Gasteiger partial charge in [0.2, 0.25) is 0 Å². The van der Waals surface area contributed by atoms with E-state index in [1.165, 1.54) is 12.5 Å². The molecule has 7 nitrogen and oxygen atoms in total. The number of carbonyl (C=O) groups is 3. The van der Waals surface area contributed by atoms with E-state index in [0.29, 0.717) is 30.8 Å². The molecule has 0 heterocycles. The second kappa shape index (κ2) is 11.4. The third kappa shape index (κ3) is 5.74. The largest absolute Gasteiger partial charge is 0.462 e. The van der Waals surface area contributed by atoms with Gasteiger partial charge in [-0.05, 0) is 93.3 Å². The zero-order valence-corrected chi connectivity index (χ0v) is 24.2. The van der Waals surface area contributed by atoms with Gasteiger partial charge in [-0.1, -0.05) is 32.4 Å². The van der Waals surface area contributed by atoms with Crippen molar-refractivity contribution < 1.29 is 33.7 Å². The fraction of sp³-hybridized carbons (Fsp3) is 0.839. The summed E-state index contributed by atoms with van der Waals surface area (Å²) in [7, 11) is 0. The first kappa shape index (κ1) is 29.3. The van der Waals surface area contributed by atoms with Crippen molar-refractivity contribution in [1.82, 2.24) is 0 Å². The molecule has 0 radical (unpaired) electrons. The number of rotatable bonds is 9. The average Bonchev–Trinajstić information content (AvgIpc) is 3.13. The fourth-order valence-electron chi connectivity index (χ4n) is 8.77. The van der Waals surface area contributed by atoms with E-state index in [1.54, 1.807) is 13.8 Å². The number of aliphatic hydroxyl groups is 1. The molecule has 0 aromatic rings. The zero-order chi connectivity index (χ0) is 27.8. The van der Waals surface area contributed by atoms with Crippen molar-refractivity contribution in [2.45, 2.75) is 118 Å². The summed E-state index contributed by atoms with van der Waals surface area (Å²) in [6, 6.07) is 0. The minimum absolute atomic E-state index is 0.0177. The van der Waals surface area contributed by atoms with E-state index < -0.39 is 6.29 Å². The van der Waals surface area contributed by atoms with E-state index in [2.05, 4.69) is 19.9 Å². The van der Waals surface area contributed by atoms with Gasteiger partial charge in [-0.3, -0.25) is 14.4 Å². The minimum Gasteiger partial charge on any atom is -0.462 e. The molecule has 214 valence electrons. The lowest BCUT2D eigenvalue weighted by molar-refractivity contribution is -0.155. The van der Waals surface area contributed by atoms with E-state index in [4.69, 9.17) is 14.2 Å². The van der Waals surface area contributed by atoms with Crippen LogP contribution in [-0.4, -0.2) is 47.9 Å². The normalized spacial score (nSPS) is 39.6. The zero-order valence-electron chi connectivity index (χ0n) is 24.2. The number of carbonyl (C=O) groups excluding carboxylic acids is 3. The number of hydrogen-bond acceptors (Lipinski definition) is 7. The molecule has 38 heavy (non-hydrogen) atoms. The smallest absolute Gasteiger partial charge is 0.306 e. The van der Waals surface area contributed by atoms with Gasteiger partial charge >= 0.3 is 11.9 Å².